The molecule has 1 N–H and O–H groups in total. The second-order valence-corrected chi connectivity index (χ2v) is 6.67. The first kappa shape index (κ1) is 18.6. The highest BCUT2D eigenvalue weighted by molar-refractivity contribution is 5.72. The van der Waals surface area contributed by atoms with Crippen molar-refractivity contribution in [3.8, 4) is 0 Å². The van der Waals surface area contributed by atoms with Crippen molar-refractivity contribution in [1.29, 1.82) is 0 Å². The van der Waals surface area contributed by atoms with Gasteiger partial charge in [0.2, 0.25) is 0 Å². The normalized spacial score (nSPS) is 20.1. The van der Waals surface area contributed by atoms with Crippen LogP contribution in [0.1, 0.15) is 37.0 Å². The molecule has 1 saturated heterocycles. The van der Waals surface area contributed by atoms with Gasteiger partial charge in [-0.05, 0) is 30.9 Å². The van der Waals surface area contributed by atoms with Crippen molar-refractivity contribution < 1.29 is 14.3 Å². The Kier molecular flexibility index (Phi) is 6.81. The Morgan fingerprint density at radius 2 is 1.65 bits per heavy atom. The molecule has 2 atom stereocenters. The third kappa shape index (κ3) is 4.93. The van der Waals surface area contributed by atoms with E-state index in [1.807, 2.05) is 43.3 Å². The van der Waals surface area contributed by atoms with Crippen molar-refractivity contribution in [3.05, 3.63) is 71.8 Å². The maximum atomic E-state index is 11.8. The molecule has 0 saturated carbocycles. The molecule has 1 aliphatic rings. The highest BCUT2D eigenvalue weighted by Crippen LogP contribution is 2.27. The van der Waals surface area contributed by atoms with Crippen LogP contribution in [0.5, 0.6) is 0 Å². The van der Waals surface area contributed by atoms with E-state index in [1.54, 1.807) is 0 Å². The zero-order chi connectivity index (χ0) is 18.2. The van der Waals surface area contributed by atoms with Gasteiger partial charge in [-0.1, -0.05) is 60.7 Å². The van der Waals surface area contributed by atoms with E-state index in [9.17, 15) is 4.79 Å². The van der Waals surface area contributed by atoms with Gasteiger partial charge < -0.3 is 14.8 Å². The second kappa shape index (κ2) is 9.51. The van der Waals surface area contributed by atoms with Crippen molar-refractivity contribution in [2.75, 3.05) is 19.8 Å². The van der Waals surface area contributed by atoms with E-state index < -0.39 is 0 Å². The summed E-state index contributed by atoms with van der Waals surface area (Å²) in [5, 5.41) is 3.44. The van der Waals surface area contributed by atoms with Gasteiger partial charge in [-0.25, -0.2) is 0 Å². The first-order valence-corrected chi connectivity index (χ1v) is 9.39. The SMILES string of the molecule is CCOC(=O)[C@@H]1CC[C@@H](COC(c2ccccc2)c2ccccc2)NC1. The lowest BCUT2D eigenvalue weighted by molar-refractivity contribution is -0.148. The van der Waals surface area contributed by atoms with Gasteiger partial charge in [-0.2, -0.15) is 0 Å². The number of carbonyl (C=O) groups excluding carboxylic acids is 1. The largest absolute Gasteiger partial charge is 0.466 e. The third-order valence-corrected chi connectivity index (χ3v) is 4.81. The van der Waals surface area contributed by atoms with Gasteiger partial charge in [0.05, 0.1) is 19.1 Å². The van der Waals surface area contributed by atoms with Crippen molar-refractivity contribution >= 4 is 5.97 Å². The molecule has 0 spiro atoms. The Labute approximate surface area is 155 Å². The molecule has 0 radical (unpaired) electrons. The van der Waals surface area contributed by atoms with Crippen LogP contribution >= 0.6 is 0 Å². The Morgan fingerprint density at radius 1 is 1.04 bits per heavy atom. The first-order valence-electron chi connectivity index (χ1n) is 9.39. The number of hydrogen-bond acceptors (Lipinski definition) is 4. The summed E-state index contributed by atoms with van der Waals surface area (Å²) in [6.45, 7) is 3.56. The van der Waals surface area contributed by atoms with E-state index in [0.29, 0.717) is 19.8 Å². The van der Waals surface area contributed by atoms with Crippen molar-refractivity contribution in [1.82, 2.24) is 5.32 Å². The van der Waals surface area contributed by atoms with Crippen LogP contribution in [-0.4, -0.2) is 31.8 Å². The molecule has 26 heavy (non-hydrogen) atoms. The molecule has 0 aromatic heterocycles. The monoisotopic (exact) mass is 353 g/mol. The molecule has 4 nitrogen and oxygen atoms in total. The van der Waals surface area contributed by atoms with E-state index in [-0.39, 0.29) is 24.0 Å². The van der Waals surface area contributed by atoms with Crippen LogP contribution in [0.3, 0.4) is 0 Å². The molecule has 1 fully saturated rings. The molecule has 138 valence electrons. The zero-order valence-corrected chi connectivity index (χ0v) is 15.3. The van der Waals surface area contributed by atoms with Crippen LogP contribution in [0.2, 0.25) is 0 Å². The van der Waals surface area contributed by atoms with Gasteiger partial charge in [0.1, 0.15) is 6.10 Å². The highest BCUT2D eigenvalue weighted by Gasteiger charge is 2.27. The fraction of sp³-hybridized carbons (Fsp3) is 0.409. The Hall–Kier alpha value is -2.17. The van der Waals surface area contributed by atoms with Gasteiger partial charge in [0.15, 0.2) is 0 Å². The summed E-state index contributed by atoms with van der Waals surface area (Å²) >= 11 is 0. The van der Waals surface area contributed by atoms with Crippen LogP contribution < -0.4 is 5.32 Å². The van der Waals surface area contributed by atoms with Crippen molar-refractivity contribution in [2.45, 2.75) is 31.9 Å². The molecular weight excluding hydrogens is 326 g/mol. The van der Waals surface area contributed by atoms with Gasteiger partial charge in [-0.3, -0.25) is 4.79 Å². The topological polar surface area (TPSA) is 47.6 Å². The Morgan fingerprint density at radius 3 is 2.15 bits per heavy atom. The Bertz CT molecular complexity index is 627. The summed E-state index contributed by atoms with van der Waals surface area (Å²) in [5.74, 6) is -0.129. The minimum Gasteiger partial charge on any atom is -0.466 e. The molecule has 0 unspecified atom stereocenters. The minimum absolute atomic E-state index is 0.0368. The predicted molar refractivity (Wildman–Crippen MR) is 102 cm³/mol. The van der Waals surface area contributed by atoms with Crippen LogP contribution in [0.15, 0.2) is 60.7 Å². The summed E-state index contributed by atoms with van der Waals surface area (Å²) in [6, 6.07) is 20.9. The number of rotatable bonds is 7. The second-order valence-electron chi connectivity index (χ2n) is 6.67. The molecule has 4 heteroatoms. The predicted octanol–water partition coefficient (Wildman–Crippen LogP) is 3.72. The first-order chi connectivity index (χ1) is 12.8. The summed E-state index contributed by atoms with van der Waals surface area (Å²) < 4.78 is 11.4. The molecule has 2 aromatic carbocycles. The third-order valence-electron chi connectivity index (χ3n) is 4.81. The number of ether oxygens (including phenoxy) is 2. The number of piperidine rings is 1. The molecular formula is C22H27NO3. The van der Waals surface area contributed by atoms with Crippen LogP contribution in [0, 0.1) is 5.92 Å². The van der Waals surface area contributed by atoms with E-state index >= 15 is 0 Å². The smallest absolute Gasteiger partial charge is 0.310 e. The summed E-state index contributed by atoms with van der Waals surface area (Å²) in [7, 11) is 0. The maximum absolute atomic E-state index is 11.8. The lowest BCUT2D eigenvalue weighted by atomic mass is 9.95. The minimum atomic E-state index is -0.0918. The van der Waals surface area contributed by atoms with E-state index in [0.717, 1.165) is 24.0 Å². The summed E-state index contributed by atoms with van der Waals surface area (Å²) in [6.07, 6.45) is 1.68. The molecule has 1 heterocycles. The lowest BCUT2D eigenvalue weighted by Gasteiger charge is -2.30. The molecule has 2 aromatic rings. The highest BCUT2D eigenvalue weighted by atomic mass is 16.5. The molecule has 0 amide bonds. The molecule has 0 aliphatic carbocycles. The fourth-order valence-corrected chi connectivity index (χ4v) is 3.37. The van der Waals surface area contributed by atoms with Crippen LogP contribution in [0.25, 0.3) is 0 Å². The summed E-state index contributed by atoms with van der Waals surface area (Å²) in [5.41, 5.74) is 2.30. The van der Waals surface area contributed by atoms with Gasteiger partial charge in [-0.15, -0.1) is 0 Å². The average Bonchev–Trinajstić information content (AvgIpc) is 2.70. The maximum Gasteiger partial charge on any atom is 0.310 e. The zero-order valence-electron chi connectivity index (χ0n) is 15.3. The number of nitrogens with one attached hydrogen (secondary N) is 1. The van der Waals surface area contributed by atoms with Crippen LogP contribution in [-0.2, 0) is 14.3 Å². The van der Waals surface area contributed by atoms with Crippen molar-refractivity contribution in [3.63, 3.8) is 0 Å². The number of carbonyl (C=O) groups is 1. The van der Waals surface area contributed by atoms with Gasteiger partial charge in [0.25, 0.3) is 0 Å². The molecule has 3 rings (SSSR count). The lowest BCUT2D eigenvalue weighted by Crippen LogP contribution is -2.44. The Balaban J connectivity index is 1.58. The van der Waals surface area contributed by atoms with Crippen LogP contribution in [0.4, 0.5) is 0 Å². The van der Waals surface area contributed by atoms with Gasteiger partial charge >= 0.3 is 5.97 Å². The quantitative estimate of drug-likeness (QED) is 0.771. The van der Waals surface area contributed by atoms with Crippen molar-refractivity contribution in [2.24, 2.45) is 5.92 Å². The fourth-order valence-electron chi connectivity index (χ4n) is 3.37. The average molecular weight is 353 g/mol. The van der Waals surface area contributed by atoms with Gasteiger partial charge in [0, 0.05) is 12.6 Å². The molecule has 0 bridgehead atoms. The standard InChI is InChI=1S/C22H27NO3/c1-2-25-22(24)19-13-14-20(23-15-19)16-26-21(17-9-5-3-6-10-17)18-11-7-4-8-12-18/h3-12,19-21,23H,2,13-16H2,1H3/t19-,20+/m1/s1. The summed E-state index contributed by atoms with van der Waals surface area (Å²) in [4.78, 5) is 11.8. The van der Waals surface area contributed by atoms with E-state index in [1.165, 1.54) is 0 Å². The number of esters is 1. The molecule has 1 aliphatic heterocycles. The van der Waals surface area contributed by atoms with E-state index in [2.05, 4.69) is 29.6 Å². The number of hydrogen-bond donors (Lipinski definition) is 1. The number of benzene rings is 2. The van der Waals surface area contributed by atoms with E-state index in [4.69, 9.17) is 9.47 Å².